The molecule has 15 heavy (non-hydrogen) atoms. The fourth-order valence-corrected chi connectivity index (χ4v) is 4.02. The molecule has 0 radical (unpaired) electrons. The van der Waals surface area contributed by atoms with Gasteiger partial charge in [0, 0.05) is 0 Å². The molecule has 0 atom stereocenters. The molecule has 0 unspecified atom stereocenters. The third-order valence-electron chi connectivity index (χ3n) is 4.98. The Hall–Kier alpha value is -0.195. The van der Waals surface area contributed by atoms with E-state index in [9.17, 15) is 0 Å². The second kappa shape index (κ2) is 4.76. The lowest BCUT2D eigenvalue weighted by Crippen LogP contribution is -2.36. The molecule has 0 spiro atoms. The summed E-state index contributed by atoms with van der Waals surface area (Å²) in [5, 5.41) is 0.554. The molecule has 0 amide bonds. The van der Waals surface area contributed by atoms with E-state index in [-0.39, 0.29) is 0 Å². The highest BCUT2D eigenvalue weighted by molar-refractivity contribution is 6.63. The summed E-state index contributed by atoms with van der Waals surface area (Å²) >= 11 is 0. The minimum Gasteiger partial charge on any atom is -0.100 e. The lowest BCUT2D eigenvalue weighted by molar-refractivity contribution is 0.405. The van der Waals surface area contributed by atoms with Gasteiger partial charge in [0.15, 0.2) is 6.71 Å². The minimum atomic E-state index is 0.554. The van der Waals surface area contributed by atoms with Crippen molar-refractivity contribution in [3.05, 3.63) is 12.2 Å². The fourth-order valence-electron chi connectivity index (χ4n) is 4.02. The van der Waals surface area contributed by atoms with Crippen molar-refractivity contribution in [2.45, 2.75) is 76.2 Å². The van der Waals surface area contributed by atoms with Crippen molar-refractivity contribution in [1.29, 1.82) is 0 Å². The second-order valence-corrected chi connectivity index (χ2v) is 5.83. The predicted molar refractivity (Wildman–Crippen MR) is 69.8 cm³/mol. The molecule has 2 fully saturated rings. The van der Waals surface area contributed by atoms with Crippen LogP contribution in [0.2, 0.25) is 18.0 Å². The van der Waals surface area contributed by atoms with Crippen molar-refractivity contribution >= 4 is 6.71 Å². The third kappa shape index (κ3) is 2.17. The molecule has 0 aromatic heterocycles. The molecule has 2 rings (SSSR count). The van der Waals surface area contributed by atoms with Crippen molar-refractivity contribution < 1.29 is 0 Å². The quantitative estimate of drug-likeness (QED) is 0.441. The maximum absolute atomic E-state index is 4.33. The van der Waals surface area contributed by atoms with Gasteiger partial charge in [0.2, 0.25) is 0 Å². The van der Waals surface area contributed by atoms with E-state index in [2.05, 4.69) is 13.5 Å². The molecule has 0 nitrogen and oxygen atoms in total. The Bertz CT molecular complexity index is 219. The van der Waals surface area contributed by atoms with Gasteiger partial charge in [-0.15, -0.1) is 6.58 Å². The number of hydrogen-bond donors (Lipinski definition) is 0. The van der Waals surface area contributed by atoms with E-state index in [4.69, 9.17) is 0 Å². The Morgan fingerprint density at radius 1 is 0.933 bits per heavy atom. The monoisotopic (exact) mass is 204 g/mol. The molecule has 1 saturated heterocycles. The Morgan fingerprint density at radius 2 is 1.47 bits per heavy atom. The van der Waals surface area contributed by atoms with Crippen LogP contribution < -0.4 is 0 Å². The summed E-state index contributed by atoms with van der Waals surface area (Å²) in [5.41, 5.74) is 1.49. The van der Waals surface area contributed by atoms with Crippen LogP contribution >= 0.6 is 0 Å². The summed E-state index contributed by atoms with van der Waals surface area (Å²) in [6.45, 7) is 7.59. The average Bonchev–Trinajstić information content (AvgIpc) is 2.31. The van der Waals surface area contributed by atoms with E-state index >= 15 is 0 Å². The highest BCUT2D eigenvalue weighted by Crippen LogP contribution is 2.54. The van der Waals surface area contributed by atoms with Gasteiger partial charge in [-0.05, 0) is 12.2 Å². The molecule has 0 bridgehead atoms. The van der Waals surface area contributed by atoms with E-state index in [0.717, 1.165) is 6.71 Å². The minimum absolute atomic E-state index is 0.554. The zero-order valence-corrected chi connectivity index (χ0v) is 10.4. The van der Waals surface area contributed by atoms with Crippen LogP contribution in [0.4, 0.5) is 0 Å². The highest BCUT2D eigenvalue weighted by atomic mass is 14.3. The number of hydrogen-bond acceptors (Lipinski definition) is 0. The van der Waals surface area contributed by atoms with Crippen molar-refractivity contribution in [2.24, 2.45) is 0 Å². The topological polar surface area (TPSA) is 0 Å². The van der Waals surface area contributed by atoms with Crippen molar-refractivity contribution in [3.63, 3.8) is 0 Å². The van der Waals surface area contributed by atoms with E-state index in [1.165, 1.54) is 69.6 Å². The van der Waals surface area contributed by atoms with Crippen LogP contribution in [-0.4, -0.2) is 6.71 Å². The van der Waals surface area contributed by atoms with Crippen LogP contribution in [0.5, 0.6) is 0 Å². The van der Waals surface area contributed by atoms with Gasteiger partial charge in [-0.1, -0.05) is 69.6 Å². The second-order valence-electron chi connectivity index (χ2n) is 5.83. The summed E-state index contributed by atoms with van der Waals surface area (Å²) in [4.78, 5) is 0. The van der Waals surface area contributed by atoms with E-state index in [1.54, 1.807) is 0 Å². The Kier molecular flexibility index (Phi) is 3.58. The summed E-state index contributed by atoms with van der Waals surface area (Å²) in [6, 6.07) is 0. The molecule has 0 aromatic rings. The Morgan fingerprint density at radius 3 is 2.00 bits per heavy atom. The Labute approximate surface area is 95.6 Å². The van der Waals surface area contributed by atoms with Gasteiger partial charge in [0.25, 0.3) is 0 Å². The van der Waals surface area contributed by atoms with Gasteiger partial charge in [-0.25, -0.2) is 0 Å². The van der Waals surface area contributed by atoms with Crippen LogP contribution in [0.15, 0.2) is 12.2 Å². The van der Waals surface area contributed by atoms with Crippen LogP contribution in [-0.2, 0) is 0 Å². The number of allylic oxidation sites excluding steroid dienone is 1. The van der Waals surface area contributed by atoms with Crippen LogP contribution in [0, 0.1) is 0 Å². The first-order valence-corrected chi connectivity index (χ1v) is 6.92. The van der Waals surface area contributed by atoms with Gasteiger partial charge in [0.05, 0.1) is 0 Å². The largest absolute Gasteiger partial charge is 0.151 e. The normalized spacial score (nSPS) is 26.3. The smallest absolute Gasteiger partial charge is 0.100 e. The van der Waals surface area contributed by atoms with E-state index in [1.807, 2.05) is 0 Å². The van der Waals surface area contributed by atoms with Crippen LogP contribution in [0.25, 0.3) is 0 Å². The Balaban J connectivity index is 2.12. The highest BCUT2D eigenvalue weighted by Gasteiger charge is 2.42. The molecule has 0 N–H and O–H groups in total. The first kappa shape index (κ1) is 11.3. The van der Waals surface area contributed by atoms with Gasteiger partial charge in [0.1, 0.15) is 0 Å². The molecule has 1 saturated carbocycles. The molecule has 1 heterocycles. The SMILES string of the molecule is C=C(C)C1(B2CCCCC2)CCCCC1. The standard InChI is InChI=1S/C14H25B/c1-13(2)14(9-5-3-6-10-14)15-11-7-4-8-12-15/h1,3-12H2,2H3. The molecular weight excluding hydrogens is 179 g/mol. The lowest BCUT2D eigenvalue weighted by Gasteiger charge is -2.44. The first-order chi connectivity index (χ1) is 7.26. The molecule has 1 aliphatic heterocycles. The van der Waals surface area contributed by atoms with Gasteiger partial charge in [-0.3, -0.25) is 0 Å². The predicted octanol–water partition coefficient (Wildman–Crippen LogP) is 4.95. The van der Waals surface area contributed by atoms with Crippen molar-refractivity contribution in [3.8, 4) is 0 Å². The summed E-state index contributed by atoms with van der Waals surface area (Å²) < 4.78 is 0. The van der Waals surface area contributed by atoms with Crippen molar-refractivity contribution in [1.82, 2.24) is 0 Å². The molecule has 1 aliphatic carbocycles. The third-order valence-corrected chi connectivity index (χ3v) is 4.98. The van der Waals surface area contributed by atoms with E-state index in [0.29, 0.717) is 5.31 Å². The summed E-state index contributed by atoms with van der Waals surface area (Å²) in [5.74, 6) is 0. The van der Waals surface area contributed by atoms with Gasteiger partial charge >= 0.3 is 0 Å². The van der Waals surface area contributed by atoms with Crippen LogP contribution in [0.1, 0.15) is 58.3 Å². The van der Waals surface area contributed by atoms with E-state index < -0.39 is 0 Å². The zero-order chi connectivity index (χ0) is 10.7. The maximum Gasteiger partial charge on any atom is 0.151 e. The summed E-state index contributed by atoms with van der Waals surface area (Å²) in [7, 11) is 0. The van der Waals surface area contributed by atoms with Gasteiger partial charge in [-0.2, -0.15) is 0 Å². The molecule has 1 heteroatoms. The molecule has 84 valence electrons. The molecular formula is C14H25B. The number of rotatable bonds is 2. The van der Waals surface area contributed by atoms with Gasteiger partial charge < -0.3 is 0 Å². The fraction of sp³-hybridized carbons (Fsp3) is 0.857. The van der Waals surface area contributed by atoms with Crippen molar-refractivity contribution in [2.75, 3.05) is 0 Å². The lowest BCUT2D eigenvalue weighted by atomic mass is 9.24. The van der Waals surface area contributed by atoms with Crippen LogP contribution in [0.3, 0.4) is 0 Å². The zero-order valence-electron chi connectivity index (χ0n) is 10.4. The molecule has 2 aliphatic rings. The average molecular weight is 204 g/mol. The summed E-state index contributed by atoms with van der Waals surface area (Å²) in [6.07, 6.45) is 14.6. The maximum atomic E-state index is 4.33. The molecule has 0 aromatic carbocycles. The first-order valence-electron chi connectivity index (χ1n) is 6.92.